The third-order valence-electron chi connectivity index (χ3n) is 6.29. The zero-order chi connectivity index (χ0) is 21.6. The summed E-state index contributed by atoms with van der Waals surface area (Å²) < 4.78 is 25.4. The molecule has 1 aromatic carbocycles. The molecular formula is C22H29N3O4S. The van der Waals surface area contributed by atoms with Crippen LogP contribution in [0.4, 0.5) is 0 Å². The maximum absolute atomic E-state index is 13.4. The van der Waals surface area contributed by atoms with Crippen LogP contribution in [0.3, 0.4) is 0 Å². The Bertz CT molecular complexity index is 995. The summed E-state index contributed by atoms with van der Waals surface area (Å²) in [6, 6.07) is 7.11. The highest BCUT2D eigenvalue weighted by Gasteiger charge is 2.54. The number of rotatable bonds is 5. The molecule has 0 saturated carbocycles. The zero-order valence-corrected chi connectivity index (χ0v) is 18.6. The lowest BCUT2D eigenvalue weighted by molar-refractivity contribution is -0.128. The van der Waals surface area contributed by atoms with Crippen LogP contribution in [0.25, 0.3) is 0 Å². The summed E-state index contributed by atoms with van der Waals surface area (Å²) in [5.74, 6) is -1.26. The van der Waals surface area contributed by atoms with Crippen molar-refractivity contribution in [2.45, 2.75) is 39.3 Å². The van der Waals surface area contributed by atoms with Gasteiger partial charge < -0.3 is 4.90 Å². The van der Waals surface area contributed by atoms with Crippen LogP contribution in [0.5, 0.6) is 0 Å². The van der Waals surface area contributed by atoms with Gasteiger partial charge in [-0.05, 0) is 55.6 Å². The minimum Gasteiger partial charge on any atom is -0.325 e. The molecule has 7 nitrogen and oxygen atoms in total. The van der Waals surface area contributed by atoms with Gasteiger partial charge in [0, 0.05) is 18.7 Å². The largest absolute Gasteiger partial charge is 0.325 e. The van der Waals surface area contributed by atoms with Gasteiger partial charge in [-0.25, -0.2) is 12.7 Å². The van der Waals surface area contributed by atoms with Crippen molar-refractivity contribution in [3.8, 4) is 0 Å². The van der Waals surface area contributed by atoms with Crippen LogP contribution in [-0.4, -0.2) is 66.3 Å². The van der Waals surface area contributed by atoms with E-state index in [4.69, 9.17) is 0 Å². The first-order valence-corrected chi connectivity index (χ1v) is 12.4. The Kier molecular flexibility index (Phi) is 5.48. The molecule has 0 N–H and O–H groups in total. The summed E-state index contributed by atoms with van der Waals surface area (Å²) in [4.78, 5) is 30.4. The number of likely N-dealkylation sites (tertiary alicyclic amines) is 1. The fraction of sp³-hybridized carbons (Fsp3) is 0.545. The highest BCUT2D eigenvalue weighted by Crippen LogP contribution is 2.41. The first kappa shape index (κ1) is 21.1. The Hall–Kier alpha value is -2.19. The number of carbonyl (C=O) groups excluding carboxylic acids is 2. The summed E-state index contributed by atoms with van der Waals surface area (Å²) in [5.41, 5.74) is 2.09. The van der Waals surface area contributed by atoms with E-state index >= 15 is 0 Å². The molecule has 2 atom stereocenters. The third-order valence-corrected chi connectivity index (χ3v) is 7.34. The molecule has 1 aromatic rings. The van der Waals surface area contributed by atoms with Gasteiger partial charge >= 0.3 is 0 Å². The highest BCUT2D eigenvalue weighted by molar-refractivity contribution is 7.89. The Labute approximate surface area is 178 Å². The van der Waals surface area contributed by atoms with Crippen molar-refractivity contribution in [3.63, 3.8) is 0 Å². The molecule has 0 spiro atoms. The Morgan fingerprint density at radius 3 is 2.53 bits per heavy atom. The lowest BCUT2D eigenvalue weighted by atomic mass is 9.89. The summed E-state index contributed by atoms with van der Waals surface area (Å²) in [6.07, 6.45) is 5.17. The first-order valence-electron chi connectivity index (χ1n) is 10.5. The number of benzene rings is 1. The smallest absolute Gasteiger partial charge is 0.254 e. The number of sulfonamides is 1. The topological polar surface area (TPSA) is 78.0 Å². The van der Waals surface area contributed by atoms with Crippen molar-refractivity contribution in [2.75, 3.05) is 25.9 Å². The molecule has 0 radical (unpaired) electrons. The molecule has 30 heavy (non-hydrogen) atoms. The van der Waals surface area contributed by atoms with E-state index in [1.807, 2.05) is 32.0 Å². The van der Waals surface area contributed by atoms with Crippen molar-refractivity contribution >= 4 is 21.8 Å². The molecule has 3 aliphatic rings. The lowest BCUT2D eigenvalue weighted by Crippen LogP contribution is -2.43. The Balaban J connectivity index is 1.61. The minimum atomic E-state index is -3.73. The third kappa shape index (κ3) is 3.67. The van der Waals surface area contributed by atoms with Gasteiger partial charge in [0.15, 0.2) is 0 Å². The minimum absolute atomic E-state index is 0.0902. The van der Waals surface area contributed by atoms with E-state index in [0.717, 1.165) is 35.8 Å². The van der Waals surface area contributed by atoms with E-state index in [2.05, 4.69) is 4.90 Å². The molecule has 0 unspecified atom stereocenters. The van der Waals surface area contributed by atoms with Crippen LogP contribution in [0, 0.1) is 11.8 Å². The highest BCUT2D eigenvalue weighted by atomic mass is 32.2. The number of hydrogen-bond acceptors (Lipinski definition) is 5. The van der Waals surface area contributed by atoms with Crippen LogP contribution in [0.1, 0.15) is 42.6 Å². The van der Waals surface area contributed by atoms with Crippen LogP contribution < -0.4 is 0 Å². The molecule has 2 fully saturated rings. The number of hydrogen-bond donors (Lipinski definition) is 0. The van der Waals surface area contributed by atoms with Gasteiger partial charge in [-0.2, -0.15) is 0 Å². The Morgan fingerprint density at radius 2 is 1.90 bits per heavy atom. The molecule has 8 heteroatoms. The predicted molar refractivity (Wildman–Crippen MR) is 114 cm³/mol. The van der Waals surface area contributed by atoms with Crippen LogP contribution in [0.2, 0.25) is 0 Å². The predicted octanol–water partition coefficient (Wildman–Crippen LogP) is 2.06. The van der Waals surface area contributed by atoms with E-state index in [9.17, 15) is 18.0 Å². The quantitative estimate of drug-likeness (QED) is 0.713. The van der Waals surface area contributed by atoms with Crippen molar-refractivity contribution in [2.24, 2.45) is 11.8 Å². The average Bonchev–Trinajstić information content (AvgIpc) is 3.36. The lowest BCUT2D eigenvalue weighted by Gasteiger charge is -2.29. The number of amides is 2. The molecular weight excluding hydrogens is 402 g/mol. The second kappa shape index (κ2) is 7.81. The normalized spacial score (nSPS) is 24.7. The maximum Gasteiger partial charge on any atom is 0.254 e. The summed E-state index contributed by atoms with van der Waals surface area (Å²) in [5, 5.41) is 0. The second-order valence-corrected chi connectivity index (χ2v) is 10.7. The average molecular weight is 432 g/mol. The molecule has 3 heterocycles. The summed E-state index contributed by atoms with van der Waals surface area (Å²) in [7, 11) is -3.73. The molecule has 0 aromatic heterocycles. The Morgan fingerprint density at radius 1 is 1.20 bits per heavy atom. The van der Waals surface area contributed by atoms with Crippen molar-refractivity contribution in [3.05, 3.63) is 47.2 Å². The zero-order valence-electron chi connectivity index (χ0n) is 17.7. The second-order valence-electron chi connectivity index (χ2n) is 8.85. The summed E-state index contributed by atoms with van der Waals surface area (Å²) >= 11 is 0. The SMILES string of the molecule is CC(C)[C@H]1C(=O)N(S(C)(=O)=O)C2=CCN(C(=O)c3cccc(CN4CCCC4)c3)[C@@H]21. The van der Waals surface area contributed by atoms with Gasteiger partial charge in [0.05, 0.1) is 23.9 Å². The maximum atomic E-state index is 13.4. The van der Waals surface area contributed by atoms with E-state index in [-0.39, 0.29) is 11.8 Å². The first-order chi connectivity index (χ1) is 14.2. The molecule has 4 rings (SSSR count). The van der Waals surface area contributed by atoms with E-state index in [1.54, 1.807) is 17.0 Å². The van der Waals surface area contributed by atoms with Gasteiger partial charge in [-0.1, -0.05) is 26.0 Å². The fourth-order valence-corrected chi connectivity index (χ4v) is 5.96. The van der Waals surface area contributed by atoms with Crippen LogP contribution in [0.15, 0.2) is 36.0 Å². The van der Waals surface area contributed by atoms with Crippen molar-refractivity contribution in [1.82, 2.24) is 14.1 Å². The molecule has 2 amide bonds. The van der Waals surface area contributed by atoms with Gasteiger partial charge in [0.1, 0.15) is 0 Å². The number of fused-ring (bicyclic) bond motifs is 1. The van der Waals surface area contributed by atoms with E-state index in [1.165, 1.54) is 12.8 Å². The van der Waals surface area contributed by atoms with Gasteiger partial charge in [0.25, 0.3) is 5.91 Å². The number of nitrogens with zero attached hydrogens (tertiary/aromatic N) is 3. The summed E-state index contributed by atoms with van der Waals surface area (Å²) in [6.45, 7) is 7.08. The fourth-order valence-electron chi connectivity index (χ4n) is 4.95. The molecule has 0 aliphatic carbocycles. The van der Waals surface area contributed by atoms with Crippen molar-refractivity contribution in [1.29, 1.82) is 0 Å². The van der Waals surface area contributed by atoms with Gasteiger partial charge in [-0.15, -0.1) is 0 Å². The van der Waals surface area contributed by atoms with E-state index in [0.29, 0.717) is 17.8 Å². The molecule has 0 bridgehead atoms. The van der Waals surface area contributed by atoms with Crippen LogP contribution in [-0.2, 0) is 21.4 Å². The molecule has 2 saturated heterocycles. The van der Waals surface area contributed by atoms with Crippen LogP contribution >= 0.6 is 0 Å². The molecule has 162 valence electrons. The standard InChI is InChI=1S/C22H29N3O4S/c1-15(2)19-20-18(25(22(19)27)30(3,28)29)9-12-24(20)21(26)17-8-6-7-16(13-17)14-23-10-4-5-11-23/h6-9,13,15,19-20H,4-5,10-12,14H2,1-3H3/t19-,20+/m1/s1. The van der Waals surface area contributed by atoms with E-state index < -0.39 is 27.9 Å². The van der Waals surface area contributed by atoms with Gasteiger partial charge in [0.2, 0.25) is 15.9 Å². The number of carbonyl (C=O) groups is 2. The molecule has 3 aliphatic heterocycles. The monoisotopic (exact) mass is 431 g/mol. The van der Waals surface area contributed by atoms with Crippen molar-refractivity contribution < 1.29 is 18.0 Å². The van der Waals surface area contributed by atoms with Gasteiger partial charge in [-0.3, -0.25) is 14.5 Å².